The Morgan fingerprint density at radius 1 is 1.33 bits per heavy atom. The number of amides is 1. The standard InChI is InChI=1S/C14H14F3NO3/c1-8-6-18(13(20)14(15,16)17)7-10-5-9(12(19)21-2)3-4-11(8)10/h3-5,8H,6-7H2,1-2H3/t8-/m0/s1. The molecule has 0 saturated carbocycles. The Labute approximate surface area is 119 Å². The minimum atomic E-state index is -4.89. The molecule has 0 aromatic heterocycles. The van der Waals surface area contributed by atoms with Crippen LogP contribution in [0.1, 0.15) is 34.3 Å². The van der Waals surface area contributed by atoms with Crippen molar-refractivity contribution in [1.82, 2.24) is 4.90 Å². The lowest BCUT2D eigenvalue weighted by atomic mass is 9.89. The monoisotopic (exact) mass is 301 g/mol. The van der Waals surface area contributed by atoms with E-state index < -0.39 is 18.1 Å². The molecule has 0 spiro atoms. The highest BCUT2D eigenvalue weighted by atomic mass is 19.4. The predicted octanol–water partition coefficient (Wildman–Crippen LogP) is 2.48. The van der Waals surface area contributed by atoms with E-state index in [1.807, 2.05) is 0 Å². The van der Waals surface area contributed by atoms with E-state index in [9.17, 15) is 22.8 Å². The van der Waals surface area contributed by atoms with Gasteiger partial charge in [-0.3, -0.25) is 4.79 Å². The van der Waals surface area contributed by atoms with E-state index in [1.165, 1.54) is 13.2 Å². The highest BCUT2D eigenvalue weighted by Gasteiger charge is 2.44. The maximum Gasteiger partial charge on any atom is 0.471 e. The van der Waals surface area contributed by atoms with E-state index in [2.05, 4.69) is 4.74 Å². The van der Waals surface area contributed by atoms with E-state index >= 15 is 0 Å². The summed E-state index contributed by atoms with van der Waals surface area (Å²) >= 11 is 0. The lowest BCUT2D eigenvalue weighted by molar-refractivity contribution is -0.186. The fraction of sp³-hybridized carbons (Fsp3) is 0.429. The maximum absolute atomic E-state index is 12.5. The summed E-state index contributed by atoms with van der Waals surface area (Å²) in [4.78, 5) is 23.6. The van der Waals surface area contributed by atoms with Crippen LogP contribution in [0.3, 0.4) is 0 Å². The first-order valence-corrected chi connectivity index (χ1v) is 6.31. The van der Waals surface area contributed by atoms with Crippen LogP contribution in [-0.4, -0.2) is 36.6 Å². The van der Waals surface area contributed by atoms with Gasteiger partial charge in [-0.05, 0) is 29.2 Å². The van der Waals surface area contributed by atoms with E-state index in [0.29, 0.717) is 5.56 Å². The summed E-state index contributed by atoms with van der Waals surface area (Å²) < 4.78 is 42.2. The second kappa shape index (κ2) is 5.38. The van der Waals surface area contributed by atoms with Crippen LogP contribution in [0.15, 0.2) is 18.2 Å². The minimum absolute atomic E-state index is 0.00289. The second-order valence-corrected chi connectivity index (χ2v) is 4.99. The summed E-state index contributed by atoms with van der Waals surface area (Å²) in [5.74, 6) is -2.65. The van der Waals surface area contributed by atoms with Crippen molar-refractivity contribution in [3.05, 3.63) is 34.9 Å². The molecule has 0 unspecified atom stereocenters. The van der Waals surface area contributed by atoms with Crippen LogP contribution >= 0.6 is 0 Å². The van der Waals surface area contributed by atoms with Gasteiger partial charge in [0, 0.05) is 13.1 Å². The highest BCUT2D eigenvalue weighted by molar-refractivity contribution is 5.89. The van der Waals surface area contributed by atoms with E-state index in [0.717, 1.165) is 10.5 Å². The van der Waals surface area contributed by atoms with Crippen LogP contribution in [0.4, 0.5) is 13.2 Å². The van der Waals surface area contributed by atoms with Crippen molar-refractivity contribution in [2.75, 3.05) is 13.7 Å². The number of benzene rings is 1. The Morgan fingerprint density at radius 2 is 2.00 bits per heavy atom. The van der Waals surface area contributed by atoms with Gasteiger partial charge >= 0.3 is 18.1 Å². The average molecular weight is 301 g/mol. The van der Waals surface area contributed by atoms with Crippen molar-refractivity contribution in [2.24, 2.45) is 0 Å². The molecule has 114 valence electrons. The normalized spacial score (nSPS) is 18.1. The van der Waals surface area contributed by atoms with Gasteiger partial charge in [0.2, 0.25) is 0 Å². The Morgan fingerprint density at radius 3 is 2.57 bits per heavy atom. The zero-order chi connectivity index (χ0) is 15.8. The van der Waals surface area contributed by atoms with Gasteiger partial charge in [0.1, 0.15) is 0 Å². The molecular weight excluding hydrogens is 287 g/mol. The molecule has 0 fully saturated rings. The molecule has 4 nitrogen and oxygen atoms in total. The summed E-state index contributed by atoms with van der Waals surface area (Å²) in [6.45, 7) is 1.58. The number of esters is 1. The average Bonchev–Trinajstić information content (AvgIpc) is 2.43. The third kappa shape index (κ3) is 3.01. The third-order valence-corrected chi connectivity index (χ3v) is 3.48. The Bertz CT molecular complexity index is 583. The van der Waals surface area contributed by atoms with E-state index in [4.69, 9.17) is 0 Å². The van der Waals surface area contributed by atoms with Crippen molar-refractivity contribution in [3.8, 4) is 0 Å². The van der Waals surface area contributed by atoms with Crippen molar-refractivity contribution in [3.63, 3.8) is 0 Å². The van der Waals surface area contributed by atoms with Gasteiger partial charge in [0.05, 0.1) is 12.7 Å². The number of methoxy groups -OCH3 is 1. The quantitative estimate of drug-likeness (QED) is 0.749. The van der Waals surface area contributed by atoms with Gasteiger partial charge < -0.3 is 9.64 Å². The molecule has 1 aromatic carbocycles. The number of hydrogen-bond donors (Lipinski definition) is 0. The smallest absolute Gasteiger partial charge is 0.465 e. The molecule has 1 aliphatic heterocycles. The largest absolute Gasteiger partial charge is 0.471 e. The number of alkyl halides is 3. The fourth-order valence-corrected chi connectivity index (χ4v) is 2.50. The zero-order valence-electron chi connectivity index (χ0n) is 11.5. The first kappa shape index (κ1) is 15.3. The third-order valence-electron chi connectivity index (χ3n) is 3.48. The predicted molar refractivity (Wildman–Crippen MR) is 67.7 cm³/mol. The number of carbonyl (C=O) groups is 2. The molecule has 1 aromatic rings. The lowest BCUT2D eigenvalue weighted by Gasteiger charge is -2.33. The molecule has 0 radical (unpaired) electrons. The van der Waals surface area contributed by atoms with Gasteiger partial charge in [-0.2, -0.15) is 13.2 Å². The summed E-state index contributed by atoms with van der Waals surface area (Å²) in [6.07, 6.45) is -4.89. The van der Waals surface area contributed by atoms with Crippen molar-refractivity contribution in [2.45, 2.75) is 25.6 Å². The number of nitrogens with zero attached hydrogens (tertiary/aromatic N) is 1. The topological polar surface area (TPSA) is 46.6 Å². The van der Waals surface area contributed by atoms with Gasteiger partial charge in [0.25, 0.3) is 0 Å². The van der Waals surface area contributed by atoms with Crippen molar-refractivity contribution in [1.29, 1.82) is 0 Å². The summed E-state index contributed by atoms with van der Waals surface area (Å²) in [6, 6.07) is 4.75. The maximum atomic E-state index is 12.5. The molecule has 0 bridgehead atoms. The Kier molecular flexibility index (Phi) is 3.93. The van der Waals surface area contributed by atoms with Gasteiger partial charge in [-0.1, -0.05) is 13.0 Å². The molecule has 2 rings (SSSR count). The summed E-state index contributed by atoms with van der Waals surface area (Å²) in [7, 11) is 1.23. The van der Waals surface area contributed by atoms with Crippen LogP contribution in [0.2, 0.25) is 0 Å². The SMILES string of the molecule is COC(=O)c1ccc2c(c1)CN(C(=O)C(F)(F)F)C[C@@H]2C. The molecule has 1 heterocycles. The molecule has 0 aliphatic carbocycles. The van der Waals surface area contributed by atoms with E-state index in [1.54, 1.807) is 19.1 Å². The van der Waals surface area contributed by atoms with Gasteiger partial charge in [-0.25, -0.2) is 4.79 Å². The van der Waals surface area contributed by atoms with Crippen LogP contribution in [0.25, 0.3) is 0 Å². The molecular formula is C14H14F3NO3. The fourth-order valence-electron chi connectivity index (χ4n) is 2.50. The van der Waals surface area contributed by atoms with E-state index in [-0.39, 0.29) is 24.6 Å². The molecule has 1 amide bonds. The first-order chi connectivity index (χ1) is 9.74. The molecule has 0 N–H and O–H groups in total. The molecule has 1 aliphatic rings. The van der Waals surface area contributed by atoms with Gasteiger partial charge in [-0.15, -0.1) is 0 Å². The number of fused-ring (bicyclic) bond motifs is 1. The van der Waals surface area contributed by atoms with Crippen LogP contribution < -0.4 is 0 Å². The van der Waals surface area contributed by atoms with Crippen LogP contribution in [0, 0.1) is 0 Å². The van der Waals surface area contributed by atoms with Crippen molar-refractivity contribution < 1.29 is 27.5 Å². The number of carbonyl (C=O) groups excluding carboxylic acids is 2. The number of ether oxygens (including phenoxy) is 1. The Hall–Kier alpha value is -2.05. The molecule has 1 atom stereocenters. The lowest BCUT2D eigenvalue weighted by Crippen LogP contribution is -2.44. The zero-order valence-corrected chi connectivity index (χ0v) is 11.5. The molecule has 21 heavy (non-hydrogen) atoms. The molecule has 0 saturated heterocycles. The van der Waals surface area contributed by atoms with Crippen LogP contribution in [0.5, 0.6) is 0 Å². The minimum Gasteiger partial charge on any atom is -0.465 e. The summed E-state index contributed by atoms with van der Waals surface area (Å²) in [5, 5.41) is 0. The summed E-state index contributed by atoms with van der Waals surface area (Å²) in [5.41, 5.74) is 1.63. The highest BCUT2D eigenvalue weighted by Crippen LogP contribution is 2.31. The second-order valence-electron chi connectivity index (χ2n) is 4.99. The van der Waals surface area contributed by atoms with Crippen LogP contribution in [-0.2, 0) is 16.1 Å². The van der Waals surface area contributed by atoms with Crippen molar-refractivity contribution >= 4 is 11.9 Å². The number of rotatable bonds is 1. The Balaban J connectivity index is 2.33. The number of halogens is 3. The van der Waals surface area contributed by atoms with Gasteiger partial charge in [0.15, 0.2) is 0 Å². The first-order valence-electron chi connectivity index (χ1n) is 6.31. The number of hydrogen-bond acceptors (Lipinski definition) is 3. The molecule has 7 heteroatoms.